The van der Waals surface area contributed by atoms with Crippen LogP contribution in [0.25, 0.3) is 0 Å². The minimum absolute atomic E-state index is 0.347. The number of carbonyl (C=O) groups is 1. The first-order valence-corrected chi connectivity index (χ1v) is 5.14. The van der Waals surface area contributed by atoms with Gasteiger partial charge in [0.2, 0.25) is 0 Å². The molecule has 1 aliphatic rings. The van der Waals surface area contributed by atoms with Crippen LogP contribution in [0, 0.1) is 0 Å². The molecule has 0 aliphatic heterocycles. The first-order valence-electron chi connectivity index (χ1n) is 4.76. The Kier molecular flexibility index (Phi) is 2.61. The Balaban J connectivity index is 2.34. The molecule has 0 spiro atoms. The van der Waals surface area contributed by atoms with Crippen molar-refractivity contribution in [2.24, 2.45) is 0 Å². The highest BCUT2D eigenvalue weighted by molar-refractivity contribution is 6.30. The molecule has 0 amide bonds. The van der Waals surface area contributed by atoms with E-state index in [2.05, 4.69) is 0 Å². The number of rotatable bonds is 3. The Bertz CT molecular complexity index is 404. The van der Waals surface area contributed by atoms with E-state index < -0.39 is 5.41 Å². The van der Waals surface area contributed by atoms with E-state index in [1.165, 1.54) is 0 Å². The van der Waals surface area contributed by atoms with Gasteiger partial charge in [0.05, 0.1) is 0 Å². The lowest BCUT2D eigenvalue weighted by molar-refractivity contribution is -0.104. The molecule has 15 heavy (non-hydrogen) atoms. The van der Waals surface area contributed by atoms with Gasteiger partial charge in [-0.05, 0) is 30.5 Å². The lowest BCUT2D eigenvalue weighted by atomic mass is 9.94. The van der Waals surface area contributed by atoms with Crippen LogP contribution in [-0.4, -0.2) is 6.29 Å². The highest BCUT2D eigenvalue weighted by atomic mass is 35.5. The van der Waals surface area contributed by atoms with Crippen molar-refractivity contribution in [3.63, 3.8) is 0 Å². The standard InChI is InChI=1S/C12H10ClFO/c13-10-3-1-9(2-4-10)12(6-7-12)11(14)5-8-15/h1-5,8H,6-7H2. The van der Waals surface area contributed by atoms with Gasteiger partial charge in [0.15, 0.2) is 0 Å². The summed E-state index contributed by atoms with van der Waals surface area (Å²) >= 11 is 5.76. The molecule has 0 heterocycles. The number of halogens is 2. The highest BCUT2D eigenvalue weighted by Crippen LogP contribution is 2.54. The van der Waals surface area contributed by atoms with E-state index in [1.54, 1.807) is 12.1 Å². The van der Waals surface area contributed by atoms with Crippen molar-refractivity contribution in [1.29, 1.82) is 0 Å². The molecule has 3 heteroatoms. The summed E-state index contributed by atoms with van der Waals surface area (Å²) in [4.78, 5) is 10.2. The number of hydrogen-bond donors (Lipinski definition) is 0. The summed E-state index contributed by atoms with van der Waals surface area (Å²) in [7, 11) is 0. The average Bonchev–Trinajstić information content (AvgIpc) is 3.00. The van der Waals surface area contributed by atoms with E-state index in [0.717, 1.165) is 24.5 Å². The fraction of sp³-hybridized carbons (Fsp3) is 0.250. The smallest absolute Gasteiger partial charge is 0.145 e. The maximum absolute atomic E-state index is 13.6. The van der Waals surface area contributed by atoms with Crippen LogP contribution in [0.5, 0.6) is 0 Å². The molecule has 78 valence electrons. The predicted molar refractivity (Wildman–Crippen MR) is 57.6 cm³/mol. The summed E-state index contributed by atoms with van der Waals surface area (Å²) in [5.41, 5.74) is 0.341. The second kappa shape index (κ2) is 3.78. The van der Waals surface area contributed by atoms with Crippen molar-refractivity contribution in [3.05, 3.63) is 46.8 Å². The van der Waals surface area contributed by atoms with Crippen LogP contribution in [0.1, 0.15) is 18.4 Å². The first-order chi connectivity index (χ1) is 7.19. The monoisotopic (exact) mass is 224 g/mol. The summed E-state index contributed by atoms with van der Waals surface area (Å²) < 4.78 is 13.6. The average molecular weight is 225 g/mol. The zero-order chi connectivity index (χ0) is 10.9. The van der Waals surface area contributed by atoms with E-state index in [9.17, 15) is 9.18 Å². The van der Waals surface area contributed by atoms with E-state index in [-0.39, 0.29) is 5.83 Å². The Morgan fingerprint density at radius 3 is 2.40 bits per heavy atom. The van der Waals surface area contributed by atoms with Gasteiger partial charge in [-0.3, -0.25) is 4.79 Å². The number of aldehydes is 1. The van der Waals surface area contributed by atoms with Gasteiger partial charge in [-0.15, -0.1) is 0 Å². The van der Waals surface area contributed by atoms with Crippen molar-refractivity contribution in [2.75, 3.05) is 0 Å². The zero-order valence-corrected chi connectivity index (χ0v) is 8.80. The Morgan fingerprint density at radius 2 is 1.93 bits per heavy atom. The predicted octanol–water partition coefficient (Wildman–Crippen LogP) is 3.42. The molecule has 0 unspecified atom stereocenters. The van der Waals surface area contributed by atoms with E-state index in [0.29, 0.717) is 11.3 Å². The third-order valence-electron chi connectivity index (χ3n) is 2.82. The van der Waals surface area contributed by atoms with Crippen LogP contribution in [0.4, 0.5) is 4.39 Å². The SMILES string of the molecule is O=CC=C(F)C1(c2ccc(Cl)cc2)CC1. The summed E-state index contributed by atoms with van der Waals surface area (Å²) in [6.45, 7) is 0. The molecule has 0 atom stereocenters. The lowest BCUT2D eigenvalue weighted by Crippen LogP contribution is -2.07. The molecule has 1 aromatic carbocycles. The molecular formula is C12H10ClFO. The second-order valence-corrected chi connectivity index (χ2v) is 4.18. The number of carbonyl (C=O) groups excluding carboxylic acids is 1. The molecule has 1 nitrogen and oxygen atoms in total. The Hall–Kier alpha value is -1.15. The maximum Gasteiger partial charge on any atom is 0.145 e. The molecule has 0 radical (unpaired) electrons. The van der Waals surface area contributed by atoms with Crippen LogP contribution in [0.3, 0.4) is 0 Å². The quantitative estimate of drug-likeness (QED) is 0.568. The summed E-state index contributed by atoms with van der Waals surface area (Å²) in [6, 6.07) is 7.11. The molecule has 1 fully saturated rings. The van der Waals surface area contributed by atoms with E-state index in [1.807, 2.05) is 12.1 Å². The minimum Gasteiger partial charge on any atom is -0.298 e. The molecule has 1 aromatic rings. The van der Waals surface area contributed by atoms with Gasteiger partial charge in [0, 0.05) is 16.5 Å². The Labute approximate surface area is 92.6 Å². The van der Waals surface area contributed by atoms with Gasteiger partial charge in [0.1, 0.15) is 12.1 Å². The molecule has 1 aliphatic carbocycles. The third-order valence-corrected chi connectivity index (χ3v) is 3.07. The molecular weight excluding hydrogens is 215 g/mol. The third kappa shape index (κ3) is 1.82. The van der Waals surface area contributed by atoms with Gasteiger partial charge in [0.25, 0.3) is 0 Å². The van der Waals surface area contributed by atoms with Crippen molar-refractivity contribution in [3.8, 4) is 0 Å². The van der Waals surface area contributed by atoms with Crippen molar-refractivity contribution in [1.82, 2.24) is 0 Å². The van der Waals surface area contributed by atoms with Crippen molar-refractivity contribution >= 4 is 17.9 Å². The van der Waals surface area contributed by atoms with Crippen LogP contribution in [-0.2, 0) is 10.2 Å². The zero-order valence-electron chi connectivity index (χ0n) is 8.04. The second-order valence-electron chi connectivity index (χ2n) is 3.74. The number of allylic oxidation sites excluding steroid dienone is 2. The van der Waals surface area contributed by atoms with Gasteiger partial charge < -0.3 is 0 Å². The fourth-order valence-electron chi connectivity index (χ4n) is 1.78. The Morgan fingerprint density at radius 1 is 1.33 bits per heavy atom. The summed E-state index contributed by atoms with van der Waals surface area (Å²) in [6.07, 6.45) is 3.00. The van der Waals surface area contributed by atoms with E-state index >= 15 is 0 Å². The first kappa shape index (κ1) is 10.4. The lowest BCUT2D eigenvalue weighted by Gasteiger charge is -2.12. The van der Waals surface area contributed by atoms with Gasteiger partial charge >= 0.3 is 0 Å². The molecule has 0 saturated heterocycles. The molecule has 1 saturated carbocycles. The van der Waals surface area contributed by atoms with Gasteiger partial charge in [-0.1, -0.05) is 23.7 Å². The normalized spacial score (nSPS) is 18.7. The van der Waals surface area contributed by atoms with Crippen LogP contribution in [0.2, 0.25) is 5.02 Å². The van der Waals surface area contributed by atoms with Crippen LogP contribution < -0.4 is 0 Å². The molecule has 0 bridgehead atoms. The fourth-order valence-corrected chi connectivity index (χ4v) is 1.90. The highest BCUT2D eigenvalue weighted by Gasteiger charge is 2.48. The largest absolute Gasteiger partial charge is 0.298 e. The topological polar surface area (TPSA) is 17.1 Å². The van der Waals surface area contributed by atoms with Crippen LogP contribution >= 0.6 is 11.6 Å². The van der Waals surface area contributed by atoms with Gasteiger partial charge in [-0.2, -0.15) is 0 Å². The summed E-state index contributed by atoms with van der Waals surface area (Å²) in [5, 5.41) is 0.634. The van der Waals surface area contributed by atoms with Crippen LogP contribution in [0.15, 0.2) is 36.2 Å². The van der Waals surface area contributed by atoms with E-state index in [4.69, 9.17) is 11.6 Å². The summed E-state index contributed by atoms with van der Waals surface area (Å²) in [5.74, 6) is -0.347. The van der Waals surface area contributed by atoms with Crippen molar-refractivity contribution < 1.29 is 9.18 Å². The maximum atomic E-state index is 13.6. The molecule has 0 aromatic heterocycles. The minimum atomic E-state index is -0.550. The van der Waals surface area contributed by atoms with Crippen molar-refractivity contribution in [2.45, 2.75) is 18.3 Å². The molecule has 0 N–H and O–H groups in total. The number of benzene rings is 1. The number of hydrogen-bond acceptors (Lipinski definition) is 1. The van der Waals surface area contributed by atoms with Gasteiger partial charge in [-0.25, -0.2) is 4.39 Å². The molecule has 2 rings (SSSR count).